The van der Waals surface area contributed by atoms with Crippen molar-refractivity contribution in [3.63, 3.8) is 0 Å². The lowest BCUT2D eigenvalue weighted by Crippen LogP contribution is -2.68. The van der Waals surface area contributed by atoms with Crippen LogP contribution in [0, 0.1) is 18.8 Å². The van der Waals surface area contributed by atoms with E-state index in [0.29, 0.717) is 24.5 Å². The molecule has 0 aromatic carbocycles. The standard InChI is InChI=1S/C18H24N2O4S/c1-13-6-15(8-19-7-13)17(21)20-11-18(12-20)16(4-5-25(18,22)23)10-24-9-14-2-3-14/h6-8,14,16H,2-5,9-12H2,1H3/t16-/m0/s1. The van der Waals surface area contributed by atoms with Gasteiger partial charge in [0.1, 0.15) is 4.75 Å². The quantitative estimate of drug-likeness (QED) is 0.790. The van der Waals surface area contributed by atoms with Gasteiger partial charge in [-0.25, -0.2) is 8.42 Å². The van der Waals surface area contributed by atoms with Gasteiger partial charge in [-0.2, -0.15) is 0 Å². The zero-order valence-electron chi connectivity index (χ0n) is 14.5. The lowest BCUT2D eigenvalue weighted by Gasteiger charge is -2.49. The van der Waals surface area contributed by atoms with Crippen molar-refractivity contribution in [2.75, 3.05) is 32.1 Å². The highest BCUT2D eigenvalue weighted by Crippen LogP contribution is 2.45. The van der Waals surface area contributed by atoms with Gasteiger partial charge in [0, 0.05) is 38.0 Å². The minimum Gasteiger partial charge on any atom is -0.381 e. The molecule has 4 rings (SSSR count). The van der Waals surface area contributed by atoms with Crippen LogP contribution in [0.2, 0.25) is 0 Å². The van der Waals surface area contributed by atoms with Crippen molar-refractivity contribution in [3.05, 3.63) is 29.6 Å². The highest BCUT2D eigenvalue weighted by Gasteiger charge is 2.62. The third-order valence-electron chi connectivity index (χ3n) is 5.79. The molecule has 0 N–H and O–H groups in total. The molecule has 2 saturated heterocycles. The Labute approximate surface area is 148 Å². The molecule has 0 radical (unpaired) electrons. The number of sulfone groups is 1. The Hall–Kier alpha value is -1.47. The van der Waals surface area contributed by atoms with E-state index >= 15 is 0 Å². The molecule has 136 valence electrons. The molecule has 2 aliphatic heterocycles. The Morgan fingerprint density at radius 3 is 2.72 bits per heavy atom. The monoisotopic (exact) mass is 364 g/mol. The van der Waals surface area contributed by atoms with Crippen LogP contribution in [0.3, 0.4) is 0 Å². The van der Waals surface area contributed by atoms with Crippen molar-refractivity contribution < 1.29 is 17.9 Å². The van der Waals surface area contributed by atoms with Crippen LogP contribution in [-0.4, -0.2) is 61.0 Å². The Balaban J connectivity index is 1.44. The molecule has 25 heavy (non-hydrogen) atoms. The molecule has 1 saturated carbocycles. The maximum atomic E-state index is 12.6. The van der Waals surface area contributed by atoms with E-state index in [1.807, 2.05) is 6.92 Å². The number of hydrogen-bond donors (Lipinski definition) is 0. The molecule has 0 unspecified atom stereocenters. The van der Waals surface area contributed by atoms with Crippen molar-refractivity contribution in [2.45, 2.75) is 30.9 Å². The van der Waals surface area contributed by atoms with E-state index in [4.69, 9.17) is 4.74 Å². The number of amides is 1. The van der Waals surface area contributed by atoms with Crippen LogP contribution in [0.25, 0.3) is 0 Å². The van der Waals surface area contributed by atoms with E-state index in [0.717, 1.165) is 12.2 Å². The lowest BCUT2D eigenvalue weighted by atomic mass is 9.83. The minimum absolute atomic E-state index is 0.00376. The van der Waals surface area contributed by atoms with Crippen molar-refractivity contribution in [1.29, 1.82) is 0 Å². The van der Waals surface area contributed by atoms with Crippen LogP contribution in [-0.2, 0) is 14.6 Å². The summed E-state index contributed by atoms with van der Waals surface area (Å²) >= 11 is 0. The predicted molar refractivity (Wildman–Crippen MR) is 93.0 cm³/mol. The number of likely N-dealkylation sites (tertiary alicyclic amines) is 1. The predicted octanol–water partition coefficient (Wildman–Crippen LogP) is 1.45. The fourth-order valence-corrected chi connectivity index (χ4v) is 6.37. The number of carbonyl (C=O) groups excluding carboxylic acids is 1. The van der Waals surface area contributed by atoms with Crippen LogP contribution in [0.1, 0.15) is 35.2 Å². The molecule has 1 atom stereocenters. The number of nitrogens with zero attached hydrogens (tertiary/aromatic N) is 2. The number of aryl methyl sites for hydroxylation is 1. The van der Waals surface area contributed by atoms with Gasteiger partial charge < -0.3 is 9.64 Å². The second-order valence-corrected chi connectivity index (χ2v) is 10.2. The summed E-state index contributed by atoms with van der Waals surface area (Å²) in [5.74, 6) is 0.734. The summed E-state index contributed by atoms with van der Waals surface area (Å²) in [4.78, 5) is 18.3. The van der Waals surface area contributed by atoms with Crippen molar-refractivity contribution >= 4 is 15.7 Å². The molecule has 3 aliphatic rings. The zero-order chi connectivity index (χ0) is 17.7. The normalized spacial score (nSPS) is 26.6. The van der Waals surface area contributed by atoms with E-state index in [1.54, 1.807) is 23.4 Å². The van der Waals surface area contributed by atoms with E-state index in [2.05, 4.69) is 4.98 Å². The first-order valence-corrected chi connectivity index (χ1v) is 10.6. The topological polar surface area (TPSA) is 76.6 Å². The van der Waals surface area contributed by atoms with Crippen LogP contribution in [0.15, 0.2) is 18.5 Å². The number of pyridine rings is 1. The summed E-state index contributed by atoms with van der Waals surface area (Å²) in [7, 11) is -3.18. The molecule has 3 heterocycles. The largest absolute Gasteiger partial charge is 0.381 e. The summed E-state index contributed by atoms with van der Waals surface area (Å²) < 4.78 is 30.3. The Morgan fingerprint density at radius 2 is 2.04 bits per heavy atom. The Kier molecular flexibility index (Phi) is 4.11. The van der Waals surface area contributed by atoms with Gasteiger partial charge in [0.25, 0.3) is 5.91 Å². The summed E-state index contributed by atoms with van der Waals surface area (Å²) in [5, 5.41) is 0. The molecular weight excluding hydrogens is 340 g/mol. The van der Waals surface area contributed by atoms with Gasteiger partial charge >= 0.3 is 0 Å². The molecular formula is C18H24N2O4S. The number of rotatable bonds is 5. The third kappa shape index (κ3) is 2.97. The number of hydrogen-bond acceptors (Lipinski definition) is 5. The van der Waals surface area contributed by atoms with Crippen molar-refractivity contribution in [3.8, 4) is 0 Å². The number of ether oxygens (including phenoxy) is 1. The molecule has 1 aromatic rings. The first kappa shape index (κ1) is 17.0. The van der Waals surface area contributed by atoms with Crippen LogP contribution >= 0.6 is 0 Å². The fraction of sp³-hybridized carbons (Fsp3) is 0.667. The van der Waals surface area contributed by atoms with Crippen molar-refractivity contribution in [2.24, 2.45) is 11.8 Å². The third-order valence-corrected chi connectivity index (χ3v) is 8.40. The van der Waals surface area contributed by atoms with Crippen LogP contribution < -0.4 is 0 Å². The number of carbonyl (C=O) groups is 1. The van der Waals surface area contributed by atoms with Crippen LogP contribution in [0.4, 0.5) is 0 Å². The minimum atomic E-state index is -3.18. The van der Waals surface area contributed by atoms with Gasteiger partial charge in [-0.15, -0.1) is 0 Å². The molecule has 1 spiro atoms. The second-order valence-electron chi connectivity index (χ2n) is 7.76. The SMILES string of the molecule is Cc1cncc(C(=O)N2CC3(C2)[C@H](COCC2CC2)CCS3(=O)=O)c1. The van der Waals surface area contributed by atoms with Gasteiger partial charge in [0.05, 0.1) is 17.9 Å². The van der Waals surface area contributed by atoms with Gasteiger partial charge in [-0.3, -0.25) is 9.78 Å². The highest BCUT2D eigenvalue weighted by atomic mass is 32.2. The molecule has 0 bridgehead atoms. The smallest absolute Gasteiger partial charge is 0.255 e. The maximum Gasteiger partial charge on any atom is 0.255 e. The molecule has 1 aromatic heterocycles. The summed E-state index contributed by atoms with van der Waals surface area (Å²) in [6, 6.07) is 1.79. The van der Waals surface area contributed by atoms with Crippen molar-refractivity contribution in [1.82, 2.24) is 9.88 Å². The molecule has 6 nitrogen and oxygen atoms in total. The molecule has 1 aliphatic carbocycles. The van der Waals surface area contributed by atoms with Gasteiger partial charge in [0.2, 0.25) is 0 Å². The first-order chi connectivity index (χ1) is 11.9. The van der Waals surface area contributed by atoms with E-state index in [1.165, 1.54) is 12.8 Å². The van der Waals surface area contributed by atoms with Gasteiger partial charge in [-0.05, 0) is 43.7 Å². The molecule has 3 fully saturated rings. The van der Waals surface area contributed by atoms with E-state index < -0.39 is 14.6 Å². The molecule has 7 heteroatoms. The van der Waals surface area contributed by atoms with Gasteiger partial charge in [-0.1, -0.05) is 0 Å². The molecule has 1 amide bonds. The van der Waals surface area contributed by atoms with E-state index in [-0.39, 0.29) is 30.7 Å². The second kappa shape index (κ2) is 6.06. The lowest BCUT2D eigenvalue weighted by molar-refractivity contribution is 0.0228. The summed E-state index contributed by atoms with van der Waals surface area (Å²) in [6.07, 6.45) is 6.33. The summed E-state index contributed by atoms with van der Waals surface area (Å²) in [6.45, 7) is 3.67. The van der Waals surface area contributed by atoms with Crippen LogP contribution in [0.5, 0.6) is 0 Å². The number of aromatic nitrogens is 1. The zero-order valence-corrected chi connectivity index (χ0v) is 15.3. The average Bonchev–Trinajstić information content (AvgIpc) is 3.30. The highest BCUT2D eigenvalue weighted by molar-refractivity contribution is 7.93. The van der Waals surface area contributed by atoms with E-state index in [9.17, 15) is 13.2 Å². The summed E-state index contributed by atoms with van der Waals surface area (Å²) in [5.41, 5.74) is 1.44. The Bertz CT molecular complexity index is 782. The first-order valence-electron chi connectivity index (χ1n) is 8.92. The average molecular weight is 364 g/mol. The van der Waals surface area contributed by atoms with Gasteiger partial charge in [0.15, 0.2) is 9.84 Å². The fourth-order valence-electron chi connectivity index (χ4n) is 3.97. The maximum absolute atomic E-state index is 12.6. The Morgan fingerprint density at radius 1 is 1.28 bits per heavy atom.